The molecule has 42 heavy (non-hydrogen) atoms. The van der Waals surface area contributed by atoms with E-state index in [1.807, 2.05) is 74.5 Å². The molecule has 1 aliphatic rings. The Balaban J connectivity index is 1.52. The molecule has 0 bridgehead atoms. The van der Waals surface area contributed by atoms with Crippen molar-refractivity contribution in [1.82, 2.24) is 10.2 Å². The number of ether oxygens (including phenoxy) is 2. The number of hydrogen-bond acceptors (Lipinski definition) is 9. The second-order valence-corrected chi connectivity index (χ2v) is 11.3. The molecule has 0 saturated heterocycles. The number of aliphatic hydroxyl groups is 1. The van der Waals surface area contributed by atoms with Crippen molar-refractivity contribution in [3.63, 3.8) is 0 Å². The van der Waals surface area contributed by atoms with Gasteiger partial charge in [0.05, 0.1) is 24.8 Å². The van der Waals surface area contributed by atoms with Gasteiger partial charge in [0.1, 0.15) is 0 Å². The van der Waals surface area contributed by atoms with E-state index >= 15 is 0 Å². The Labute approximate surface area is 252 Å². The summed E-state index contributed by atoms with van der Waals surface area (Å²) in [7, 11) is 0. The molecule has 1 amide bonds. The van der Waals surface area contributed by atoms with E-state index in [2.05, 4.69) is 10.2 Å². The first-order valence-corrected chi connectivity index (χ1v) is 15.2. The summed E-state index contributed by atoms with van der Waals surface area (Å²) in [5.74, 6) is -0.145. The maximum Gasteiger partial charge on any atom is 0.296 e. The summed E-state index contributed by atoms with van der Waals surface area (Å²) < 4.78 is 12.2. The lowest BCUT2D eigenvalue weighted by Crippen LogP contribution is -2.31. The molecule has 3 aromatic carbocycles. The average molecular weight is 600 g/mol. The van der Waals surface area contributed by atoms with Gasteiger partial charge in [0.15, 0.2) is 27.4 Å². The van der Waals surface area contributed by atoms with Gasteiger partial charge in [-0.1, -0.05) is 95.9 Å². The molecule has 5 rings (SSSR count). The van der Waals surface area contributed by atoms with E-state index in [1.54, 1.807) is 24.3 Å². The van der Waals surface area contributed by atoms with Crippen LogP contribution >= 0.6 is 23.1 Å². The van der Waals surface area contributed by atoms with Crippen molar-refractivity contribution in [2.24, 2.45) is 0 Å². The molecule has 1 N–H and O–H groups in total. The van der Waals surface area contributed by atoms with Crippen molar-refractivity contribution >= 4 is 46.0 Å². The normalized spacial score (nSPS) is 15.0. The summed E-state index contributed by atoms with van der Waals surface area (Å²) in [5, 5.41) is 19.9. The smallest absolute Gasteiger partial charge is 0.296 e. The van der Waals surface area contributed by atoms with Gasteiger partial charge in [-0.05, 0) is 48.7 Å². The zero-order chi connectivity index (χ0) is 29.5. The van der Waals surface area contributed by atoms with Crippen molar-refractivity contribution in [1.29, 1.82) is 0 Å². The average Bonchev–Trinajstić information content (AvgIpc) is 3.59. The fourth-order valence-electron chi connectivity index (χ4n) is 4.51. The molecule has 10 heteroatoms. The van der Waals surface area contributed by atoms with Crippen molar-refractivity contribution in [3.05, 3.63) is 113 Å². The summed E-state index contributed by atoms with van der Waals surface area (Å²) >= 11 is 2.72. The Morgan fingerprint density at radius 2 is 1.67 bits per heavy atom. The van der Waals surface area contributed by atoms with Crippen molar-refractivity contribution in [2.75, 3.05) is 18.1 Å². The fraction of sp³-hybridized carbons (Fsp3) is 0.188. The molecule has 0 fully saturated rings. The van der Waals surface area contributed by atoms with Gasteiger partial charge in [0.2, 0.25) is 5.13 Å². The first kappa shape index (κ1) is 29.1. The molecule has 214 valence electrons. The first-order chi connectivity index (χ1) is 20.5. The maximum absolute atomic E-state index is 13.6. The van der Waals surface area contributed by atoms with E-state index in [0.29, 0.717) is 40.4 Å². The summed E-state index contributed by atoms with van der Waals surface area (Å²) in [6.45, 7) is 4.57. The number of amides is 1. The third-order valence-corrected chi connectivity index (χ3v) is 8.52. The predicted molar refractivity (Wildman–Crippen MR) is 165 cm³/mol. The number of allylic oxidation sites excluding steroid dienone is 1. The highest BCUT2D eigenvalue weighted by Crippen LogP contribution is 2.45. The summed E-state index contributed by atoms with van der Waals surface area (Å²) in [4.78, 5) is 28.5. The molecule has 1 aliphatic heterocycles. The second-order valence-electron chi connectivity index (χ2n) is 9.15. The van der Waals surface area contributed by atoms with E-state index in [9.17, 15) is 14.7 Å². The molecule has 0 spiro atoms. The molecule has 4 aromatic rings. The van der Waals surface area contributed by atoms with E-state index in [1.165, 1.54) is 34.1 Å². The molecule has 1 atom stereocenters. The molecule has 1 aromatic heterocycles. The lowest BCUT2D eigenvalue weighted by Gasteiger charge is -2.24. The van der Waals surface area contributed by atoms with Gasteiger partial charge >= 0.3 is 0 Å². The topological polar surface area (TPSA) is 102 Å². The molecule has 1 unspecified atom stereocenters. The lowest BCUT2D eigenvalue weighted by atomic mass is 9.95. The number of thioether (sulfide) groups is 1. The summed E-state index contributed by atoms with van der Waals surface area (Å²) in [5.41, 5.74) is 2.45. The number of ketones is 1. The molecular weight excluding hydrogens is 571 g/mol. The van der Waals surface area contributed by atoms with Gasteiger partial charge in [0.25, 0.3) is 5.91 Å². The van der Waals surface area contributed by atoms with E-state index in [4.69, 9.17) is 9.47 Å². The number of hydrogen-bond donors (Lipinski definition) is 1. The van der Waals surface area contributed by atoms with Gasteiger partial charge in [-0.3, -0.25) is 14.5 Å². The molecule has 0 saturated carbocycles. The van der Waals surface area contributed by atoms with Crippen LogP contribution in [0.1, 0.15) is 36.6 Å². The van der Waals surface area contributed by atoms with Crippen molar-refractivity contribution in [3.8, 4) is 11.5 Å². The van der Waals surface area contributed by atoms with Crippen molar-refractivity contribution < 1.29 is 24.2 Å². The Kier molecular flexibility index (Phi) is 9.35. The number of carbonyl (C=O) groups excluding carboxylic acids is 2. The lowest BCUT2D eigenvalue weighted by molar-refractivity contribution is -0.117. The summed E-state index contributed by atoms with van der Waals surface area (Å²) in [6, 6.07) is 23.6. The number of aliphatic hydroxyl groups excluding tert-OH is 1. The zero-order valence-corrected chi connectivity index (χ0v) is 24.7. The summed E-state index contributed by atoms with van der Waals surface area (Å²) in [6.07, 6.45) is 3.02. The minimum Gasteiger partial charge on any atom is -0.503 e. The van der Waals surface area contributed by atoms with Crippen LogP contribution < -0.4 is 14.4 Å². The van der Waals surface area contributed by atoms with Gasteiger partial charge in [-0.15, -0.1) is 10.2 Å². The number of rotatable bonds is 12. The van der Waals surface area contributed by atoms with Crippen LogP contribution in [0.5, 0.6) is 11.5 Å². The largest absolute Gasteiger partial charge is 0.503 e. The minimum atomic E-state index is -0.958. The van der Waals surface area contributed by atoms with Gasteiger partial charge in [-0.25, -0.2) is 0 Å². The Bertz CT molecular complexity index is 1620. The van der Waals surface area contributed by atoms with Crippen LogP contribution in [-0.4, -0.2) is 40.2 Å². The highest BCUT2D eigenvalue weighted by molar-refractivity contribution is 8.00. The molecule has 0 aliphatic carbocycles. The van der Waals surface area contributed by atoms with E-state index in [0.717, 1.165) is 11.1 Å². The number of carbonyl (C=O) groups is 2. The van der Waals surface area contributed by atoms with Crippen LogP contribution in [0.15, 0.2) is 101 Å². The van der Waals surface area contributed by atoms with Crippen LogP contribution in [-0.2, 0) is 15.3 Å². The zero-order valence-electron chi connectivity index (χ0n) is 23.1. The van der Waals surface area contributed by atoms with Crippen LogP contribution in [0.25, 0.3) is 6.08 Å². The standard InChI is InChI=1S/C32H29N3O5S2/c1-3-39-25-18-16-23(19-26(25)40-4-2)28-27(24(36)17-15-21-11-7-5-8-12-21)29(37)30(38)35(28)31-33-34-32(42-31)41-20-22-13-9-6-10-14-22/h5-19,28,37H,3-4,20H2,1-2H3/b17-15+. The Hall–Kier alpha value is -4.41. The quantitative estimate of drug-likeness (QED) is 0.108. The first-order valence-electron chi connectivity index (χ1n) is 13.4. The van der Waals surface area contributed by atoms with Crippen LogP contribution in [0.3, 0.4) is 0 Å². The number of aromatic nitrogens is 2. The van der Waals surface area contributed by atoms with E-state index < -0.39 is 23.5 Å². The van der Waals surface area contributed by atoms with Gasteiger partial charge in [-0.2, -0.15) is 0 Å². The maximum atomic E-state index is 13.6. The third-order valence-electron chi connectivity index (χ3n) is 6.39. The second kappa shape index (κ2) is 13.5. The molecule has 0 radical (unpaired) electrons. The number of anilines is 1. The monoisotopic (exact) mass is 599 g/mol. The fourth-order valence-corrected chi connectivity index (χ4v) is 6.33. The Morgan fingerprint density at radius 3 is 2.38 bits per heavy atom. The van der Waals surface area contributed by atoms with Crippen molar-refractivity contribution in [2.45, 2.75) is 30.0 Å². The third kappa shape index (κ3) is 6.40. The van der Waals surface area contributed by atoms with Crippen LogP contribution in [0.4, 0.5) is 5.13 Å². The molecule has 2 heterocycles. The number of benzene rings is 3. The highest BCUT2D eigenvalue weighted by Gasteiger charge is 2.45. The Morgan fingerprint density at radius 1 is 0.976 bits per heavy atom. The van der Waals surface area contributed by atoms with Crippen LogP contribution in [0.2, 0.25) is 0 Å². The van der Waals surface area contributed by atoms with E-state index in [-0.39, 0.29) is 10.7 Å². The number of nitrogens with zero attached hydrogens (tertiary/aromatic N) is 3. The minimum absolute atomic E-state index is 0.0486. The van der Waals surface area contributed by atoms with Gasteiger partial charge in [0, 0.05) is 5.75 Å². The SMILES string of the molecule is CCOc1ccc(C2C(C(=O)/C=C/c3ccccc3)=C(O)C(=O)N2c2nnc(SCc3ccccc3)s2)cc1OCC. The van der Waals surface area contributed by atoms with Gasteiger partial charge < -0.3 is 14.6 Å². The predicted octanol–water partition coefficient (Wildman–Crippen LogP) is 6.81. The molecule has 8 nitrogen and oxygen atoms in total. The molecular formula is C32H29N3O5S2. The highest BCUT2D eigenvalue weighted by atomic mass is 32.2. The van der Waals surface area contributed by atoms with Crippen LogP contribution in [0, 0.1) is 0 Å².